The number of unbranched alkanes of at least 4 members (excludes halogenated alkanes) is 1. The number of amides is 1. The van der Waals surface area contributed by atoms with E-state index in [0.717, 1.165) is 36.9 Å². The highest BCUT2D eigenvalue weighted by Gasteiger charge is 2.29. The Morgan fingerprint density at radius 2 is 1.93 bits per heavy atom. The van der Waals surface area contributed by atoms with E-state index in [1.165, 1.54) is 18.4 Å². The largest absolute Gasteiger partial charge is 0.339 e. The number of aryl methyl sites for hydroxylation is 1. The van der Waals surface area contributed by atoms with Crippen LogP contribution in [-0.4, -0.2) is 34.0 Å². The molecule has 1 aliphatic rings. The van der Waals surface area contributed by atoms with Gasteiger partial charge in [-0.2, -0.15) is 4.98 Å². The molecule has 1 saturated heterocycles. The molecule has 2 heterocycles. The van der Waals surface area contributed by atoms with Crippen molar-refractivity contribution >= 4 is 5.91 Å². The monoisotopic (exact) mass is 389 g/mol. The minimum Gasteiger partial charge on any atom is -0.339 e. The van der Waals surface area contributed by atoms with Gasteiger partial charge in [0.25, 0.3) is 5.91 Å². The second-order valence-electron chi connectivity index (χ2n) is 7.71. The van der Waals surface area contributed by atoms with E-state index in [0.29, 0.717) is 18.3 Å². The zero-order chi connectivity index (χ0) is 20.1. The van der Waals surface area contributed by atoms with Crippen molar-refractivity contribution in [1.29, 1.82) is 0 Å². The number of carbonyl (C=O) groups is 1. The Bertz CT molecular complexity index is 934. The minimum atomic E-state index is 0.0829. The molecule has 29 heavy (non-hydrogen) atoms. The summed E-state index contributed by atoms with van der Waals surface area (Å²) in [7, 11) is 0. The van der Waals surface area contributed by atoms with Gasteiger partial charge in [0.2, 0.25) is 11.7 Å². The number of hydrogen-bond donors (Lipinski definition) is 0. The Morgan fingerprint density at radius 1 is 1.14 bits per heavy atom. The lowest BCUT2D eigenvalue weighted by Gasteiger charge is -2.31. The van der Waals surface area contributed by atoms with Crippen molar-refractivity contribution in [2.75, 3.05) is 13.1 Å². The zero-order valence-electron chi connectivity index (χ0n) is 16.9. The van der Waals surface area contributed by atoms with Crippen LogP contribution in [0, 0.1) is 0 Å². The molecule has 0 radical (unpaired) electrons. The van der Waals surface area contributed by atoms with Crippen LogP contribution in [0.4, 0.5) is 0 Å². The Labute approximate surface area is 171 Å². The van der Waals surface area contributed by atoms with Gasteiger partial charge in [-0.05, 0) is 43.4 Å². The predicted octanol–water partition coefficient (Wildman–Crippen LogP) is 5.10. The lowest BCUT2D eigenvalue weighted by Crippen LogP contribution is -2.39. The van der Waals surface area contributed by atoms with Gasteiger partial charge in [-0.3, -0.25) is 4.79 Å². The molecule has 1 unspecified atom stereocenters. The van der Waals surface area contributed by atoms with Crippen molar-refractivity contribution in [2.24, 2.45) is 0 Å². The molecule has 5 heteroatoms. The Morgan fingerprint density at radius 3 is 2.69 bits per heavy atom. The number of benzene rings is 2. The maximum absolute atomic E-state index is 13.0. The van der Waals surface area contributed by atoms with Crippen LogP contribution in [0.15, 0.2) is 59.1 Å². The van der Waals surface area contributed by atoms with Crippen LogP contribution in [0.25, 0.3) is 11.4 Å². The van der Waals surface area contributed by atoms with E-state index in [1.807, 2.05) is 47.4 Å². The van der Waals surface area contributed by atoms with E-state index in [9.17, 15) is 4.79 Å². The number of piperidine rings is 1. The number of carbonyl (C=O) groups excluding carboxylic acids is 1. The second-order valence-corrected chi connectivity index (χ2v) is 7.71. The first-order valence-electron chi connectivity index (χ1n) is 10.5. The topological polar surface area (TPSA) is 59.2 Å². The van der Waals surface area contributed by atoms with Crippen LogP contribution < -0.4 is 0 Å². The number of aromatic nitrogens is 2. The van der Waals surface area contributed by atoms with Gasteiger partial charge in [0.15, 0.2) is 0 Å². The van der Waals surface area contributed by atoms with Gasteiger partial charge >= 0.3 is 0 Å². The molecule has 0 bridgehead atoms. The summed E-state index contributed by atoms with van der Waals surface area (Å²) in [5.74, 6) is 1.39. The summed E-state index contributed by atoms with van der Waals surface area (Å²) in [5.41, 5.74) is 2.98. The van der Waals surface area contributed by atoms with Crippen LogP contribution in [0.5, 0.6) is 0 Å². The molecule has 1 atom stereocenters. The average Bonchev–Trinajstić information content (AvgIpc) is 3.29. The predicted molar refractivity (Wildman–Crippen MR) is 113 cm³/mol. The third-order valence-electron chi connectivity index (χ3n) is 5.55. The van der Waals surface area contributed by atoms with Crippen molar-refractivity contribution in [3.8, 4) is 11.4 Å². The molecular weight excluding hydrogens is 362 g/mol. The second kappa shape index (κ2) is 9.03. The first-order chi connectivity index (χ1) is 14.2. The standard InChI is InChI=1S/C24H27N3O2/c1-2-3-8-18-12-14-20(15-13-18)24(28)27-16-7-11-21(17-27)23-25-22(26-29-23)19-9-5-4-6-10-19/h4-6,9-10,12-15,21H,2-3,7-8,11,16-17H2,1H3. The van der Waals surface area contributed by atoms with Crippen LogP contribution in [-0.2, 0) is 6.42 Å². The lowest BCUT2D eigenvalue weighted by atomic mass is 9.97. The van der Waals surface area contributed by atoms with E-state index < -0.39 is 0 Å². The van der Waals surface area contributed by atoms with Crippen molar-refractivity contribution in [3.63, 3.8) is 0 Å². The molecule has 4 rings (SSSR count). The maximum atomic E-state index is 13.0. The first kappa shape index (κ1) is 19.4. The molecule has 0 aliphatic carbocycles. The van der Waals surface area contributed by atoms with Gasteiger partial charge in [-0.1, -0.05) is 61.0 Å². The molecule has 0 N–H and O–H groups in total. The average molecular weight is 389 g/mol. The fourth-order valence-corrected chi connectivity index (χ4v) is 3.85. The molecular formula is C24H27N3O2. The number of likely N-dealkylation sites (tertiary alicyclic amines) is 1. The number of rotatable bonds is 6. The molecule has 0 saturated carbocycles. The normalized spacial score (nSPS) is 16.7. The molecule has 1 aliphatic heterocycles. The van der Waals surface area contributed by atoms with Crippen molar-refractivity contribution in [3.05, 3.63) is 71.6 Å². The van der Waals surface area contributed by atoms with Crippen LogP contribution in [0.3, 0.4) is 0 Å². The van der Waals surface area contributed by atoms with E-state index in [4.69, 9.17) is 4.52 Å². The summed E-state index contributed by atoms with van der Waals surface area (Å²) in [6.45, 7) is 3.58. The van der Waals surface area contributed by atoms with Crippen LogP contribution in [0.1, 0.15) is 60.3 Å². The number of nitrogens with zero attached hydrogens (tertiary/aromatic N) is 3. The maximum Gasteiger partial charge on any atom is 0.253 e. The highest BCUT2D eigenvalue weighted by molar-refractivity contribution is 5.94. The molecule has 1 fully saturated rings. The molecule has 3 aromatic rings. The zero-order valence-corrected chi connectivity index (χ0v) is 16.9. The number of hydrogen-bond acceptors (Lipinski definition) is 4. The fraction of sp³-hybridized carbons (Fsp3) is 0.375. The van der Waals surface area contributed by atoms with Crippen molar-refractivity contribution < 1.29 is 9.32 Å². The fourth-order valence-electron chi connectivity index (χ4n) is 3.85. The summed E-state index contributed by atoms with van der Waals surface area (Å²) < 4.78 is 5.55. The lowest BCUT2D eigenvalue weighted by molar-refractivity contribution is 0.0695. The molecule has 5 nitrogen and oxygen atoms in total. The Hall–Kier alpha value is -2.95. The van der Waals surface area contributed by atoms with E-state index >= 15 is 0 Å². The van der Waals surface area contributed by atoms with E-state index in [1.54, 1.807) is 0 Å². The Balaban J connectivity index is 1.43. The SMILES string of the molecule is CCCCc1ccc(C(=O)N2CCCC(c3nc(-c4ccccc4)no3)C2)cc1. The van der Waals surface area contributed by atoms with Crippen molar-refractivity contribution in [1.82, 2.24) is 15.0 Å². The van der Waals surface area contributed by atoms with Gasteiger partial charge in [-0.25, -0.2) is 0 Å². The van der Waals surface area contributed by atoms with Gasteiger partial charge in [0, 0.05) is 24.2 Å². The minimum absolute atomic E-state index is 0.0829. The van der Waals surface area contributed by atoms with Crippen LogP contribution >= 0.6 is 0 Å². The quantitative estimate of drug-likeness (QED) is 0.588. The van der Waals surface area contributed by atoms with Crippen LogP contribution in [0.2, 0.25) is 0 Å². The summed E-state index contributed by atoms with van der Waals surface area (Å²) in [6, 6.07) is 17.9. The molecule has 150 valence electrons. The summed E-state index contributed by atoms with van der Waals surface area (Å²) in [4.78, 5) is 19.5. The van der Waals surface area contributed by atoms with Gasteiger partial charge in [0.1, 0.15) is 0 Å². The van der Waals surface area contributed by atoms with Gasteiger partial charge in [-0.15, -0.1) is 0 Å². The first-order valence-corrected chi connectivity index (χ1v) is 10.5. The summed E-state index contributed by atoms with van der Waals surface area (Å²) in [5, 5.41) is 4.13. The van der Waals surface area contributed by atoms with E-state index in [-0.39, 0.29) is 11.8 Å². The smallest absolute Gasteiger partial charge is 0.253 e. The molecule has 0 spiro atoms. The molecule has 1 amide bonds. The van der Waals surface area contributed by atoms with Crippen molar-refractivity contribution in [2.45, 2.75) is 44.9 Å². The van der Waals surface area contributed by atoms with Gasteiger partial charge < -0.3 is 9.42 Å². The van der Waals surface area contributed by atoms with E-state index in [2.05, 4.69) is 29.2 Å². The van der Waals surface area contributed by atoms with Gasteiger partial charge in [0.05, 0.1) is 5.92 Å². The summed E-state index contributed by atoms with van der Waals surface area (Å²) in [6.07, 6.45) is 5.32. The molecule has 2 aromatic carbocycles. The summed E-state index contributed by atoms with van der Waals surface area (Å²) >= 11 is 0. The highest BCUT2D eigenvalue weighted by atomic mass is 16.5. The Kier molecular flexibility index (Phi) is 6.03. The third kappa shape index (κ3) is 4.56. The molecule has 1 aromatic heterocycles. The highest BCUT2D eigenvalue weighted by Crippen LogP contribution is 2.28. The third-order valence-corrected chi connectivity index (χ3v) is 5.55.